The van der Waals surface area contributed by atoms with Crippen molar-refractivity contribution in [3.05, 3.63) is 69.9 Å². The zero-order chi connectivity index (χ0) is 23.7. The lowest BCUT2D eigenvalue weighted by Gasteiger charge is -2.18. The van der Waals surface area contributed by atoms with E-state index >= 15 is 0 Å². The van der Waals surface area contributed by atoms with Crippen LogP contribution in [0.5, 0.6) is 5.75 Å². The number of hydrogen-bond acceptors (Lipinski definition) is 6. The van der Waals surface area contributed by atoms with Crippen molar-refractivity contribution in [1.82, 2.24) is 9.78 Å². The van der Waals surface area contributed by atoms with Gasteiger partial charge in [-0.15, -0.1) is 0 Å². The highest BCUT2D eigenvalue weighted by Gasteiger charge is 2.19. The van der Waals surface area contributed by atoms with Crippen LogP contribution < -0.4 is 15.4 Å². The Bertz CT molecular complexity index is 1300. The van der Waals surface area contributed by atoms with Crippen LogP contribution in [0.4, 0.5) is 4.39 Å². The van der Waals surface area contributed by atoms with Crippen LogP contribution in [-0.4, -0.2) is 35.5 Å². The third kappa shape index (κ3) is 5.52. The summed E-state index contributed by atoms with van der Waals surface area (Å²) >= 11 is 5.83. The molecule has 0 unspecified atom stereocenters. The summed E-state index contributed by atoms with van der Waals surface area (Å²) in [4.78, 5) is 13.1. The number of benzene rings is 2. The number of aromatic nitrogens is 2. The van der Waals surface area contributed by atoms with Gasteiger partial charge in [-0.05, 0) is 49.7 Å². The van der Waals surface area contributed by atoms with Crippen molar-refractivity contribution in [2.24, 2.45) is 5.14 Å². The summed E-state index contributed by atoms with van der Waals surface area (Å²) in [5, 5.41) is 19.0. The third-order valence-electron chi connectivity index (χ3n) is 4.54. The number of rotatable bonds is 7. The fraction of sp³-hybridized carbons (Fsp3) is 0.238. The minimum Gasteiger partial charge on any atom is -0.487 e. The normalized spacial score (nSPS) is 12.1. The van der Waals surface area contributed by atoms with Crippen LogP contribution in [-0.2, 0) is 10.0 Å². The fourth-order valence-corrected chi connectivity index (χ4v) is 3.50. The zero-order valence-electron chi connectivity index (χ0n) is 17.2. The summed E-state index contributed by atoms with van der Waals surface area (Å²) < 4.78 is 43.3. The van der Waals surface area contributed by atoms with Gasteiger partial charge in [0.2, 0.25) is 10.0 Å². The molecule has 3 aromatic rings. The Morgan fingerprint density at radius 2 is 1.88 bits per heavy atom. The first kappa shape index (κ1) is 23.9. The molecule has 0 aliphatic carbocycles. The Balaban J connectivity index is 2.10. The van der Waals surface area contributed by atoms with Gasteiger partial charge in [0.25, 0.3) is 0 Å². The highest BCUT2D eigenvalue weighted by molar-refractivity contribution is 7.89. The molecule has 0 saturated carbocycles. The molecule has 0 saturated heterocycles. The molecular weight excluding hydrogens is 461 g/mol. The predicted molar refractivity (Wildman–Crippen MR) is 118 cm³/mol. The Morgan fingerprint density at radius 1 is 1.22 bits per heavy atom. The predicted octanol–water partition coefficient (Wildman–Crippen LogP) is 2.88. The van der Waals surface area contributed by atoms with Crippen LogP contribution in [0.1, 0.15) is 20.3 Å². The number of halogens is 2. The smallest absolute Gasteiger partial charge is 0.314 e. The van der Waals surface area contributed by atoms with Crippen LogP contribution in [0.25, 0.3) is 16.8 Å². The maximum Gasteiger partial charge on any atom is 0.314 e. The number of primary sulfonamides is 1. The summed E-state index contributed by atoms with van der Waals surface area (Å²) in [6.07, 6.45) is 1.60. The molecule has 0 aliphatic heterocycles. The molecule has 0 spiro atoms. The van der Waals surface area contributed by atoms with Crippen molar-refractivity contribution in [3.63, 3.8) is 0 Å². The van der Waals surface area contributed by atoms with Gasteiger partial charge >= 0.3 is 5.56 Å². The van der Waals surface area contributed by atoms with E-state index < -0.39 is 27.0 Å². The van der Waals surface area contributed by atoms with Crippen molar-refractivity contribution >= 4 is 21.6 Å². The molecule has 3 N–H and O–H groups in total. The van der Waals surface area contributed by atoms with E-state index in [0.717, 1.165) is 10.7 Å². The van der Waals surface area contributed by atoms with Crippen LogP contribution in [0.3, 0.4) is 0 Å². The fourth-order valence-electron chi connectivity index (χ4n) is 2.81. The van der Waals surface area contributed by atoms with E-state index in [4.69, 9.17) is 21.5 Å². The summed E-state index contributed by atoms with van der Waals surface area (Å²) in [5.74, 6) is -0.718. The minimum atomic E-state index is -3.88. The Labute approximate surface area is 189 Å². The number of hydrogen-bond donors (Lipinski definition) is 2. The van der Waals surface area contributed by atoms with Gasteiger partial charge in [-0.3, -0.25) is 4.79 Å². The van der Waals surface area contributed by atoms with Gasteiger partial charge < -0.3 is 9.84 Å². The van der Waals surface area contributed by atoms with E-state index in [-0.39, 0.29) is 34.4 Å². The van der Waals surface area contributed by atoms with Crippen molar-refractivity contribution in [2.45, 2.75) is 30.8 Å². The van der Waals surface area contributed by atoms with E-state index in [1.54, 1.807) is 13.8 Å². The largest absolute Gasteiger partial charge is 0.487 e. The molecule has 170 valence electrons. The number of nitrogens with two attached hydrogens (primary N) is 1. The average Bonchev–Trinajstić information content (AvgIpc) is 2.70. The molecule has 3 rings (SSSR count). The first-order chi connectivity index (χ1) is 14.9. The monoisotopic (exact) mass is 481 g/mol. The highest BCUT2D eigenvalue weighted by Crippen LogP contribution is 2.28. The number of nitrogens with zero attached hydrogens (tertiary/aromatic N) is 2. The Kier molecular flexibility index (Phi) is 6.70. The lowest BCUT2D eigenvalue weighted by molar-refractivity contribution is 0.0551. The molecule has 1 heterocycles. The zero-order valence-corrected chi connectivity index (χ0v) is 18.8. The molecule has 0 atom stereocenters. The molecule has 8 nitrogen and oxygen atoms in total. The van der Waals surface area contributed by atoms with E-state index in [1.807, 2.05) is 0 Å². The van der Waals surface area contributed by atoms with Gasteiger partial charge in [0.1, 0.15) is 5.82 Å². The van der Waals surface area contributed by atoms with Crippen LogP contribution in [0.15, 0.2) is 58.4 Å². The summed E-state index contributed by atoms with van der Waals surface area (Å²) in [6.45, 7) is 3.23. The maximum absolute atomic E-state index is 13.5. The summed E-state index contributed by atoms with van der Waals surface area (Å²) in [7, 11) is -3.88. The number of ether oxygens (including phenoxy) is 1. The van der Waals surface area contributed by atoms with Gasteiger partial charge in [-0.1, -0.05) is 23.7 Å². The minimum absolute atomic E-state index is 0.0230. The Morgan fingerprint density at radius 3 is 2.44 bits per heavy atom. The quantitative estimate of drug-likeness (QED) is 0.534. The van der Waals surface area contributed by atoms with Gasteiger partial charge in [-0.25, -0.2) is 17.9 Å². The lowest BCUT2D eigenvalue weighted by Crippen LogP contribution is -2.26. The molecular formula is C21H21ClFN3O5S. The highest BCUT2D eigenvalue weighted by atomic mass is 35.5. The number of sulfonamides is 1. The van der Waals surface area contributed by atoms with Gasteiger partial charge in [0.05, 0.1) is 34.0 Å². The first-order valence-corrected chi connectivity index (χ1v) is 11.4. The van der Waals surface area contributed by atoms with E-state index in [0.29, 0.717) is 11.1 Å². The topological polar surface area (TPSA) is 125 Å². The molecule has 0 aliphatic rings. The second-order valence-corrected chi connectivity index (χ2v) is 9.65. The molecule has 0 radical (unpaired) electrons. The Hall–Kier alpha value is -2.79. The van der Waals surface area contributed by atoms with Crippen LogP contribution in [0.2, 0.25) is 5.02 Å². The second kappa shape index (κ2) is 8.99. The van der Waals surface area contributed by atoms with Gasteiger partial charge in [0.15, 0.2) is 5.75 Å². The molecule has 1 aromatic heterocycles. The standard InChI is InChI=1S/C21H21ClFN3O5S/c1-21(2,28)9-10-31-19-16(13-3-6-15(7-4-13)32(24,29)30)12-25-26(20(19)27)14-5-8-18(23)17(22)11-14/h3-8,11-12,28H,9-10H2,1-2H3,(H2,24,29,30). The summed E-state index contributed by atoms with van der Waals surface area (Å²) in [5.41, 5.74) is -0.671. The van der Waals surface area contributed by atoms with Crippen molar-refractivity contribution in [2.75, 3.05) is 6.61 Å². The van der Waals surface area contributed by atoms with E-state index in [2.05, 4.69) is 5.10 Å². The SMILES string of the molecule is CC(C)(O)CCOc1c(-c2ccc(S(N)(=O)=O)cc2)cnn(-c2ccc(F)c(Cl)c2)c1=O. The van der Waals surface area contributed by atoms with Gasteiger partial charge in [0, 0.05) is 12.0 Å². The molecule has 2 aromatic carbocycles. The second-order valence-electron chi connectivity index (χ2n) is 7.68. The van der Waals surface area contributed by atoms with Gasteiger partial charge in [-0.2, -0.15) is 9.78 Å². The van der Waals surface area contributed by atoms with Crippen molar-refractivity contribution in [3.8, 4) is 22.6 Å². The van der Waals surface area contributed by atoms with E-state index in [1.165, 1.54) is 42.6 Å². The maximum atomic E-state index is 13.5. The lowest BCUT2D eigenvalue weighted by atomic mass is 10.1. The van der Waals surface area contributed by atoms with Crippen molar-refractivity contribution in [1.29, 1.82) is 0 Å². The molecule has 32 heavy (non-hydrogen) atoms. The summed E-state index contributed by atoms with van der Waals surface area (Å²) in [6, 6.07) is 9.26. The number of aliphatic hydroxyl groups is 1. The molecule has 0 fully saturated rings. The molecule has 0 bridgehead atoms. The van der Waals surface area contributed by atoms with E-state index in [9.17, 15) is 22.7 Å². The molecule has 11 heteroatoms. The van der Waals surface area contributed by atoms with Crippen molar-refractivity contribution < 1.29 is 22.7 Å². The van der Waals surface area contributed by atoms with Crippen LogP contribution in [0, 0.1) is 5.82 Å². The van der Waals surface area contributed by atoms with Crippen LogP contribution >= 0.6 is 11.6 Å². The molecule has 0 amide bonds. The first-order valence-electron chi connectivity index (χ1n) is 9.43. The third-order valence-corrected chi connectivity index (χ3v) is 5.75. The average molecular weight is 482 g/mol.